The molecule has 1 aromatic heterocycles. The molecule has 0 atom stereocenters. The van der Waals surface area contributed by atoms with Gasteiger partial charge >= 0.3 is 0 Å². The van der Waals surface area contributed by atoms with E-state index in [4.69, 9.17) is 0 Å². The van der Waals surface area contributed by atoms with E-state index in [9.17, 15) is 4.79 Å². The van der Waals surface area contributed by atoms with Crippen LogP contribution in [0, 0.1) is 0 Å². The Hall–Kier alpha value is -2.72. The number of rotatable bonds is 5. The summed E-state index contributed by atoms with van der Waals surface area (Å²) < 4.78 is 2.22. The number of nitrogens with one attached hydrogen (secondary N) is 1. The molecule has 3 aromatic carbocycles. The van der Waals surface area contributed by atoms with Crippen molar-refractivity contribution < 1.29 is 4.79 Å². The lowest BCUT2D eigenvalue weighted by Gasteiger charge is -2.08. The lowest BCUT2D eigenvalue weighted by Crippen LogP contribution is -2.14. The van der Waals surface area contributed by atoms with Crippen LogP contribution in [0.4, 0.5) is 5.69 Å². The van der Waals surface area contributed by atoms with E-state index in [0.29, 0.717) is 5.75 Å². The van der Waals surface area contributed by atoms with Gasteiger partial charge in [0.2, 0.25) is 5.91 Å². The summed E-state index contributed by atoms with van der Waals surface area (Å²) in [6, 6.07) is 22.4. The van der Waals surface area contributed by atoms with E-state index in [-0.39, 0.29) is 5.91 Å². The standard InChI is InChI=1S/C22H20N2OS/c1-2-24-14-21(18-11-5-6-13-20(18)24)26-15-22(25)23-19-12-7-9-16-8-3-4-10-17(16)19/h3-14H,2,15H2,1H3,(H,23,25). The maximum absolute atomic E-state index is 12.5. The number of aryl methyl sites for hydroxylation is 1. The van der Waals surface area contributed by atoms with Crippen molar-refractivity contribution in [2.75, 3.05) is 11.1 Å². The largest absolute Gasteiger partial charge is 0.347 e. The smallest absolute Gasteiger partial charge is 0.234 e. The third kappa shape index (κ3) is 3.20. The zero-order chi connectivity index (χ0) is 17.9. The third-order valence-corrected chi connectivity index (χ3v) is 5.56. The average molecular weight is 360 g/mol. The van der Waals surface area contributed by atoms with Crippen LogP contribution in [-0.2, 0) is 11.3 Å². The predicted octanol–water partition coefficient (Wildman–Crippen LogP) is 5.55. The first-order chi connectivity index (χ1) is 12.8. The van der Waals surface area contributed by atoms with Crippen LogP contribution in [0.25, 0.3) is 21.7 Å². The van der Waals surface area contributed by atoms with E-state index in [0.717, 1.165) is 27.9 Å². The molecule has 1 heterocycles. The van der Waals surface area contributed by atoms with Gasteiger partial charge in [-0.1, -0.05) is 54.6 Å². The summed E-state index contributed by atoms with van der Waals surface area (Å²) in [6.45, 7) is 3.05. The summed E-state index contributed by atoms with van der Waals surface area (Å²) in [5, 5.41) is 6.46. The first-order valence-corrected chi connectivity index (χ1v) is 9.73. The lowest BCUT2D eigenvalue weighted by molar-refractivity contribution is -0.113. The Balaban J connectivity index is 1.51. The number of carbonyl (C=O) groups is 1. The molecule has 0 aliphatic carbocycles. The highest BCUT2D eigenvalue weighted by Crippen LogP contribution is 2.30. The maximum Gasteiger partial charge on any atom is 0.234 e. The van der Waals surface area contributed by atoms with Gasteiger partial charge in [0.15, 0.2) is 0 Å². The SMILES string of the molecule is CCn1cc(SCC(=O)Nc2cccc3ccccc23)c2ccccc21. The summed E-state index contributed by atoms with van der Waals surface area (Å²) in [5.41, 5.74) is 2.08. The molecule has 0 saturated carbocycles. The van der Waals surface area contributed by atoms with Crippen molar-refractivity contribution in [3.05, 3.63) is 72.9 Å². The second-order valence-electron chi connectivity index (χ2n) is 6.16. The Labute approximate surface area is 157 Å². The fraction of sp³-hybridized carbons (Fsp3) is 0.136. The average Bonchev–Trinajstić information content (AvgIpc) is 3.05. The summed E-state index contributed by atoms with van der Waals surface area (Å²) in [5.74, 6) is 0.403. The molecule has 0 spiro atoms. The number of para-hydroxylation sites is 1. The summed E-state index contributed by atoms with van der Waals surface area (Å²) >= 11 is 1.59. The highest BCUT2D eigenvalue weighted by Gasteiger charge is 2.11. The predicted molar refractivity (Wildman–Crippen MR) is 111 cm³/mol. The Morgan fingerprint density at radius 1 is 0.962 bits per heavy atom. The minimum atomic E-state index is 0.0136. The number of hydrogen-bond donors (Lipinski definition) is 1. The van der Waals surface area contributed by atoms with E-state index in [2.05, 4.69) is 53.3 Å². The quantitative estimate of drug-likeness (QED) is 0.474. The fourth-order valence-corrected chi connectivity index (χ4v) is 4.14. The summed E-state index contributed by atoms with van der Waals surface area (Å²) in [7, 11) is 0. The zero-order valence-electron chi connectivity index (χ0n) is 14.6. The van der Waals surface area contributed by atoms with Crippen molar-refractivity contribution in [3.63, 3.8) is 0 Å². The van der Waals surface area contributed by atoms with Crippen LogP contribution in [0.3, 0.4) is 0 Å². The van der Waals surface area contributed by atoms with Crippen molar-refractivity contribution in [2.24, 2.45) is 0 Å². The molecule has 0 fully saturated rings. The molecule has 0 radical (unpaired) electrons. The van der Waals surface area contributed by atoms with Crippen molar-refractivity contribution in [1.29, 1.82) is 0 Å². The van der Waals surface area contributed by atoms with Crippen molar-refractivity contribution in [1.82, 2.24) is 4.57 Å². The molecule has 4 heteroatoms. The van der Waals surface area contributed by atoms with E-state index >= 15 is 0 Å². The highest BCUT2D eigenvalue weighted by molar-refractivity contribution is 8.00. The second kappa shape index (κ2) is 7.26. The van der Waals surface area contributed by atoms with Crippen LogP contribution < -0.4 is 5.32 Å². The third-order valence-electron chi connectivity index (χ3n) is 4.52. The number of thioether (sulfide) groups is 1. The Kier molecular flexibility index (Phi) is 4.67. The molecule has 0 aliphatic heterocycles. The normalized spacial score (nSPS) is 11.1. The number of anilines is 1. The van der Waals surface area contributed by atoms with Gasteiger partial charge in [-0.05, 0) is 24.4 Å². The lowest BCUT2D eigenvalue weighted by atomic mass is 10.1. The topological polar surface area (TPSA) is 34.0 Å². The molecule has 3 nitrogen and oxygen atoms in total. The van der Waals surface area contributed by atoms with E-state index in [1.165, 1.54) is 10.9 Å². The first-order valence-electron chi connectivity index (χ1n) is 8.74. The van der Waals surface area contributed by atoms with Gasteiger partial charge in [-0.3, -0.25) is 4.79 Å². The molecular formula is C22H20N2OS. The Morgan fingerprint density at radius 2 is 1.69 bits per heavy atom. The van der Waals surface area contributed by atoms with Crippen molar-refractivity contribution in [3.8, 4) is 0 Å². The molecule has 0 bridgehead atoms. The van der Waals surface area contributed by atoms with Crippen molar-refractivity contribution in [2.45, 2.75) is 18.4 Å². The number of nitrogens with zero attached hydrogens (tertiary/aromatic N) is 1. The van der Waals surface area contributed by atoms with Crippen molar-refractivity contribution >= 4 is 45.0 Å². The van der Waals surface area contributed by atoms with Crippen LogP contribution in [0.2, 0.25) is 0 Å². The van der Waals surface area contributed by atoms with Gasteiger partial charge in [-0.2, -0.15) is 0 Å². The van der Waals surface area contributed by atoms with Gasteiger partial charge in [-0.25, -0.2) is 0 Å². The van der Waals surface area contributed by atoms with E-state index in [1.807, 2.05) is 36.4 Å². The summed E-state index contributed by atoms with van der Waals surface area (Å²) in [4.78, 5) is 13.7. The monoisotopic (exact) mass is 360 g/mol. The molecule has 26 heavy (non-hydrogen) atoms. The molecule has 0 saturated heterocycles. The molecule has 1 amide bonds. The molecular weight excluding hydrogens is 340 g/mol. The number of fused-ring (bicyclic) bond motifs is 2. The number of carbonyl (C=O) groups excluding carboxylic acids is 1. The number of amides is 1. The van der Waals surface area contributed by atoms with Crippen LogP contribution in [0.5, 0.6) is 0 Å². The van der Waals surface area contributed by atoms with Crippen LogP contribution in [0.15, 0.2) is 77.8 Å². The molecule has 4 aromatic rings. The minimum Gasteiger partial charge on any atom is -0.347 e. The second-order valence-corrected chi connectivity index (χ2v) is 7.18. The van der Waals surface area contributed by atoms with E-state index in [1.54, 1.807) is 11.8 Å². The molecule has 130 valence electrons. The zero-order valence-corrected chi connectivity index (χ0v) is 15.4. The Bertz CT molecular complexity index is 1080. The highest BCUT2D eigenvalue weighted by atomic mass is 32.2. The van der Waals surface area contributed by atoms with Gasteiger partial charge in [0.05, 0.1) is 5.75 Å². The first kappa shape index (κ1) is 16.7. The van der Waals surface area contributed by atoms with Gasteiger partial charge in [0, 0.05) is 39.6 Å². The molecule has 1 N–H and O–H groups in total. The molecule has 0 unspecified atom stereocenters. The van der Waals surface area contributed by atoms with Gasteiger partial charge < -0.3 is 9.88 Å². The van der Waals surface area contributed by atoms with Crippen LogP contribution in [-0.4, -0.2) is 16.2 Å². The fourth-order valence-electron chi connectivity index (χ4n) is 3.25. The van der Waals surface area contributed by atoms with Crippen LogP contribution >= 0.6 is 11.8 Å². The Morgan fingerprint density at radius 3 is 2.54 bits per heavy atom. The van der Waals surface area contributed by atoms with Gasteiger partial charge in [-0.15, -0.1) is 11.8 Å². The number of hydrogen-bond acceptors (Lipinski definition) is 2. The van der Waals surface area contributed by atoms with E-state index < -0.39 is 0 Å². The molecule has 4 rings (SSSR count). The summed E-state index contributed by atoms with van der Waals surface area (Å²) in [6.07, 6.45) is 2.14. The van der Waals surface area contributed by atoms with Crippen LogP contribution in [0.1, 0.15) is 6.92 Å². The van der Waals surface area contributed by atoms with Gasteiger partial charge in [0.25, 0.3) is 0 Å². The maximum atomic E-state index is 12.5. The number of benzene rings is 3. The molecule has 0 aliphatic rings. The van der Waals surface area contributed by atoms with Gasteiger partial charge in [0.1, 0.15) is 0 Å². The number of aromatic nitrogens is 1. The minimum absolute atomic E-state index is 0.0136.